The Bertz CT molecular complexity index is 314. The topological polar surface area (TPSA) is 54.9 Å². The number of halogens is 1. The molecule has 1 N–H and O–H groups in total. The minimum Gasteiger partial charge on any atom is -0.348 e. The summed E-state index contributed by atoms with van der Waals surface area (Å²) in [4.78, 5) is 18.2. The molecule has 1 amide bonds. The summed E-state index contributed by atoms with van der Waals surface area (Å²) in [7, 11) is 0. The van der Waals surface area contributed by atoms with Crippen molar-refractivity contribution in [3.8, 4) is 0 Å². The first-order chi connectivity index (χ1) is 6.11. The van der Waals surface area contributed by atoms with Crippen LogP contribution in [-0.4, -0.2) is 21.9 Å². The summed E-state index contributed by atoms with van der Waals surface area (Å²) in [5.74, 6) is -1.23. The maximum atomic E-state index is 12.9. The van der Waals surface area contributed by atoms with E-state index in [0.29, 0.717) is 0 Å². The maximum absolute atomic E-state index is 12.9. The van der Waals surface area contributed by atoms with Gasteiger partial charge in [0.25, 0.3) is 5.91 Å². The van der Waals surface area contributed by atoms with Crippen LogP contribution in [0.15, 0.2) is 12.5 Å². The minimum atomic E-state index is -0.708. The summed E-state index contributed by atoms with van der Waals surface area (Å²) in [6, 6.07) is -0.0399. The number of rotatable bonds is 2. The van der Waals surface area contributed by atoms with Gasteiger partial charge >= 0.3 is 0 Å². The zero-order chi connectivity index (χ0) is 9.84. The molecule has 0 aliphatic heterocycles. The summed E-state index contributed by atoms with van der Waals surface area (Å²) >= 11 is 0. The maximum Gasteiger partial charge on any atom is 0.273 e. The van der Waals surface area contributed by atoms with Gasteiger partial charge in [-0.25, -0.2) is 14.4 Å². The third kappa shape index (κ3) is 2.47. The third-order valence-electron chi connectivity index (χ3n) is 1.30. The van der Waals surface area contributed by atoms with Crippen LogP contribution in [0.25, 0.3) is 0 Å². The molecule has 70 valence electrons. The summed E-state index contributed by atoms with van der Waals surface area (Å²) < 4.78 is 12.9. The average molecular weight is 183 g/mol. The lowest BCUT2D eigenvalue weighted by Gasteiger charge is -2.07. The van der Waals surface area contributed by atoms with Gasteiger partial charge in [0.05, 0.1) is 6.20 Å². The van der Waals surface area contributed by atoms with Crippen molar-refractivity contribution in [1.29, 1.82) is 0 Å². The number of nitrogens with one attached hydrogen (secondary N) is 1. The van der Waals surface area contributed by atoms with Crippen LogP contribution in [0.3, 0.4) is 0 Å². The Morgan fingerprint density at radius 2 is 2.31 bits per heavy atom. The molecule has 0 atom stereocenters. The standard InChI is InChI=1S/C8H10FN3O/c1-5(2)12-8(13)7-6(9)3-10-4-11-7/h3-5H,1-2H3,(H,12,13). The highest BCUT2D eigenvalue weighted by atomic mass is 19.1. The number of aromatic nitrogens is 2. The number of hydrogen-bond acceptors (Lipinski definition) is 3. The van der Waals surface area contributed by atoms with Gasteiger partial charge in [-0.05, 0) is 13.8 Å². The summed E-state index contributed by atoms with van der Waals surface area (Å²) in [5.41, 5.74) is -0.219. The Labute approximate surface area is 75.2 Å². The number of amides is 1. The number of carbonyl (C=O) groups is 1. The van der Waals surface area contributed by atoms with Gasteiger partial charge in [-0.2, -0.15) is 0 Å². The number of nitrogens with zero attached hydrogens (tertiary/aromatic N) is 2. The first kappa shape index (κ1) is 9.57. The van der Waals surface area contributed by atoms with Crippen LogP contribution in [0.1, 0.15) is 24.3 Å². The molecule has 5 heteroatoms. The van der Waals surface area contributed by atoms with Gasteiger partial charge in [0.1, 0.15) is 6.33 Å². The molecule has 0 aromatic carbocycles. The van der Waals surface area contributed by atoms with Crippen LogP contribution >= 0.6 is 0 Å². The summed E-state index contributed by atoms with van der Waals surface area (Å²) in [6.07, 6.45) is 2.10. The lowest BCUT2D eigenvalue weighted by Crippen LogP contribution is -2.31. The molecular formula is C8H10FN3O. The third-order valence-corrected chi connectivity index (χ3v) is 1.30. The van der Waals surface area contributed by atoms with Crippen LogP contribution in [-0.2, 0) is 0 Å². The van der Waals surface area contributed by atoms with E-state index in [4.69, 9.17) is 0 Å². The average Bonchev–Trinajstić information content (AvgIpc) is 2.03. The van der Waals surface area contributed by atoms with E-state index >= 15 is 0 Å². The Morgan fingerprint density at radius 1 is 1.62 bits per heavy atom. The minimum absolute atomic E-state index is 0.0399. The van der Waals surface area contributed by atoms with Crippen molar-refractivity contribution in [2.75, 3.05) is 0 Å². The highest BCUT2D eigenvalue weighted by molar-refractivity contribution is 5.92. The van der Waals surface area contributed by atoms with Crippen LogP contribution in [0.2, 0.25) is 0 Å². The highest BCUT2D eigenvalue weighted by Crippen LogP contribution is 2.00. The van der Waals surface area contributed by atoms with E-state index in [1.54, 1.807) is 13.8 Å². The van der Waals surface area contributed by atoms with E-state index in [-0.39, 0.29) is 11.7 Å². The molecule has 13 heavy (non-hydrogen) atoms. The van der Waals surface area contributed by atoms with E-state index in [1.165, 1.54) is 0 Å². The molecule has 0 spiro atoms. The van der Waals surface area contributed by atoms with Crippen molar-refractivity contribution >= 4 is 5.91 Å². The molecule has 0 saturated heterocycles. The van der Waals surface area contributed by atoms with Crippen molar-refractivity contribution < 1.29 is 9.18 Å². The van der Waals surface area contributed by atoms with E-state index in [0.717, 1.165) is 12.5 Å². The van der Waals surface area contributed by atoms with Crippen LogP contribution in [0, 0.1) is 5.82 Å². The second-order valence-electron chi connectivity index (χ2n) is 2.85. The van der Waals surface area contributed by atoms with Crippen LogP contribution < -0.4 is 5.32 Å². The van der Waals surface area contributed by atoms with E-state index in [2.05, 4.69) is 15.3 Å². The molecule has 0 bridgehead atoms. The lowest BCUT2D eigenvalue weighted by atomic mass is 10.3. The fourth-order valence-electron chi connectivity index (χ4n) is 0.810. The van der Waals surface area contributed by atoms with Crippen molar-refractivity contribution in [2.45, 2.75) is 19.9 Å². The van der Waals surface area contributed by atoms with Gasteiger partial charge in [0.15, 0.2) is 11.5 Å². The van der Waals surface area contributed by atoms with Crippen LogP contribution in [0.4, 0.5) is 4.39 Å². The fraction of sp³-hybridized carbons (Fsp3) is 0.375. The summed E-state index contributed by atoms with van der Waals surface area (Å²) in [6.45, 7) is 3.58. The van der Waals surface area contributed by atoms with Gasteiger partial charge in [0, 0.05) is 6.04 Å². The van der Waals surface area contributed by atoms with Gasteiger partial charge in [-0.3, -0.25) is 4.79 Å². The monoisotopic (exact) mass is 183 g/mol. The van der Waals surface area contributed by atoms with Gasteiger partial charge < -0.3 is 5.32 Å². The predicted molar refractivity (Wildman–Crippen MR) is 44.6 cm³/mol. The zero-order valence-electron chi connectivity index (χ0n) is 7.41. The zero-order valence-corrected chi connectivity index (χ0v) is 7.41. The second-order valence-corrected chi connectivity index (χ2v) is 2.85. The molecule has 1 aromatic heterocycles. The highest BCUT2D eigenvalue weighted by Gasteiger charge is 2.13. The molecule has 0 aliphatic carbocycles. The quantitative estimate of drug-likeness (QED) is 0.736. The first-order valence-corrected chi connectivity index (χ1v) is 3.87. The largest absolute Gasteiger partial charge is 0.348 e. The fourth-order valence-corrected chi connectivity index (χ4v) is 0.810. The summed E-state index contributed by atoms with van der Waals surface area (Å²) in [5, 5.41) is 2.53. The molecular weight excluding hydrogens is 173 g/mol. The molecule has 1 aromatic rings. The Hall–Kier alpha value is -1.52. The number of hydrogen-bond donors (Lipinski definition) is 1. The van der Waals surface area contributed by atoms with Crippen LogP contribution in [0.5, 0.6) is 0 Å². The van der Waals surface area contributed by atoms with E-state index in [9.17, 15) is 9.18 Å². The number of carbonyl (C=O) groups excluding carboxylic acids is 1. The normalized spacial score (nSPS) is 10.2. The molecule has 0 unspecified atom stereocenters. The van der Waals surface area contributed by atoms with Crippen molar-refractivity contribution in [2.24, 2.45) is 0 Å². The molecule has 0 saturated carbocycles. The Morgan fingerprint density at radius 3 is 2.85 bits per heavy atom. The predicted octanol–water partition coefficient (Wildman–Crippen LogP) is 0.754. The first-order valence-electron chi connectivity index (χ1n) is 3.87. The second kappa shape index (κ2) is 3.93. The molecule has 0 fully saturated rings. The van der Waals surface area contributed by atoms with Crippen molar-refractivity contribution in [3.63, 3.8) is 0 Å². The molecule has 1 heterocycles. The van der Waals surface area contributed by atoms with Gasteiger partial charge in [-0.15, -0.1) is 0 Å². The molecule has 4 nitrogen and oxygen atoms in total. The van der Waals surface area contributed by atoms with Gasteiger partial charge in [-0.1, -0.05) is 0 Å². The van der Waals surface area contributed by atoms with E-state index in [1.807, 2.05) is 0 Å². The van der Waals surface area contributed by atoms with Gasteiger partial charge in [0.2, 0.25) is 0 Å². The molecule has 1 rings (SSSR count). The van der Waals surface area contributed by atoms with E-state index < -0.39 is 11.7 Å². The lowest BCUT2D eigenvalue weighted by molar-refractivity contribution is 0.0933. The molecule has 0 aliphatic rings. The smallest absolute Gasteiger partial charge is 0.273 e. The van der Waals surface area contributed by atoms with Crippen molar-refractivity contribution in [3.05, 3.63) is 24.0 Å². The molecule has 0 radical (unpaired) electrons. The SMILES string of the molecule is CC(C)NC(=O)c1ncncc1F. The Balaban J connectivity index is 2.83. The Kier molecular flexibility index (Phi) is 2.89. The van der Waals surface area contributed by atoms with Crippen molar-refractivity contribution in [1.82, 2.24) is 15.3 Å².